The van der Waals surface area contributed by atoms with Gasteiger partial charge in [0.15, 0.2) is 11.6 Å². The van der Waals surface area contributed by atoms with Crippen LogP contribution in [0.1, 0.15) is 18.9 Å². The van der Waals surface area contributed by atoms with Crippen LogP contribution in [0.4, 0.5) is 4.39 Å². The summed E-state index contributed by atoms with van der Waals surface area (Å²) in [5.41, 5.74) is 6.62. The first-order chi connectivity index (χ1) is 7.63. The van der Waals surface area contributed by atoms with Crippen molar-refractivity contribution in [3.8, 4) is 5.75 Å². The van der Waals surface area contributed by atoms with Crippen LogP contribution in [0.2, 0.25) is 0 Å². The van der Waals surface area contributed by atoms with Crippen molar-refractivity contribution in [3.63, 3.8) is 0 Å². The summed E-state index contributed by atoms with van der Waals surface area (Å²) >= 11 is 1.77. The number of halogens is 1. The van der Waals surface area contributed by atoms with Gasteiger partial charge < -0.3 is 10.5 Å². The molecule has 1 aromatic carbocycles. The van der Waals surface area contributed by atoms with Crippen LogP contribution in [-0.2, 0) is 5.75 Å². The fourth-order valence-electron chi connectivity index (χ4n) is 1.26. The maximum atomic E-state index is 13.3. The van der Waals surface area contributed by atoms with E-state index in [4.69, 9.17) is 10.5 Å². The van der Waals surface area contributed by atoms with E-state index in [9.17, 15) is 4.39 Å². The molecule has 0 aliphatic carbocycles. The number of methoxy groups -OCH3 is 1. The number of hydrogen-bond donors (Lipinski definition) is 1. The second kappa shape index (κ2) is 6.76. The Bertz CT molecular complexity index is 331. The summed E-state index contributed by atoms with van der Waals surface area (Å²) in [7, 11) is 1.47. The fourth-order valence-corrected chi connectivity index (χ4v) is 2.36. The molecule has 0 amide bonds. The fraction of sp³-hybridized carbons (Fsp3) is 0.500. The number of hydrogen-bond acceptors (Lipinski definition) is 3. The minimum absolute atomic E-state index is 0.236. The highest BCUT2D eigenvalue weighted by Gasteiger charge is 2.03. The first-order valence-electron chi connectivity index (χ1n) is 5.29. The van der Waals surface area contributed by atoms with Gasteiger partial charge in [0.05, 0.1) is 7.11 Å². The van der Waals surface area contributed by atoms with E-state index < -0.39 is 0 Å². The number of nitrogens with two attached hydrogens (primary N) is 1. The van der Waals surface area contributed by atoms with E-state index >= 15 is 0 Å². The molecule has 16 heavy (non-hydrogen) atoms. The van der Waals surface area contributed by atoms with E-state index in [1.807, 2.05) is 13.0 Å². The largest absolute Gasteiger partial charge is 0.494 e. The zero-order chi connectivity index (χ0) is 12.0. The van der Waals surface area contributed by atoms with Crippen molar-refractivity contribution < 1.29 is 9.13 Å². The maximum Gasteiger partial charge on any atom is 0.165 e. The topological polar surface area (TPSA) is 35.2 Å². The molecular formula is C12H18FNOS. The lowest BCUT2D eigenvalue weighted by Crippen LogP contribution is -2.15. The van der Waals surface area contributed by atoms with Crippen LogP contribution < -0.4 is 10.5 Å². The van der Waals surface area contributed by atoms with E-state index in [-0.39, 0.29) is 11.9 Å². The first-order valence-corrected chi connectivity index (χ1v) is 6.44. The molecule has 0 fully saturated rings. The van der Waals surface area contributed by atoms with Gasteiger partial charge >= 0.3 is 0 Å². The molecule has 90 valence electrons. The van der Waals surface area contributed by atoms with E-state index in [1.165, 1.54) is 13.2 Å². The highest BCUT2D eigenvalue weighted by atomic mass is 32.2. The van der Waals surface area contributed by atoms with Crippen LogP contribution in [0, 0.1) is 5.82 Å². The number of rotatable bonds is 6. The van der Waals surface area contributed by atoms with Crippen LogP contribution in [0.5, 0.6) is 5.75 Å². The smallest absolute Gasteiger partial charge is 0.165 e. The Morgan fingerprint density at radius 1 is 1.50 bits per heavy atom. The van der Waals surface area contributed by atoms with Crippen molar-refractivity contribution in [2.45, 2.75) is 25.1 Å². The minimum Gasteiger partial charge on any atom is -0.494 e. The molecule has 0 saturated heterocycles. The quantitative estimate of drug-likeness (QED) is 0.780. The Labute approximate surface area is 100 Å². The van der Waals surface area contributed by atoms with Gasteiger partial charge in [-0.05, 0) is 36.8 Å². The van der Waals surface area contributed by atoms with Gasteiger partial charge in [0.25, 0.3) is 0 Å². The van der Waals surface area contributed by atoms with E-state index in [0.717, 1.165) is 23.5 Å². The van der Waals surface area contributed by atoms with Gasteiger partial charge in [-0.1, -0.05) is 6.07 Å². The van der Waals surface area contributed by atoms with Gasteiger partial charge in [-0.3, -0.25) is 0 Å². The summed E-state index contributed by atoms with van der Waals surface area (Å²) in [6.07, 6.45) is 0.989. The van der Waals surface area contributed by atoms with Crippen molar-refractivity contribution in [2.75, 3.05) is 12.9 Å². The minimum atomic E-state index is -0.298. The Kier molecular flexibility index (Phi) is 5.63. The summed E-state index contributed by atoms with van der Waals surface area (Å²) in [5, 5.41) is 0. The van der Waals surface area contributed by atoms with Crippen molar-refractivity contribution in [1.82, 2.24) is 0 Å². The molecule has 2 N–H and O–H groups in total. The van der Waals surface area contributed by atoms with Gasteiger partial charge in [-0.25, -0.2) is 4.39 Å². The zero-order valence-corrected chi connectivity index (χ0v) is 10.5. The lowest BCUT2D eigenvalue weighted by Gasteiger charge is -2.06. The molecule has 1 aromatic rings. The molecule has 2 nitrogen and oxygen atoms in total. The standard InChI is InChI=1S/C12H18FNOS/c1-9(14)5-6-16-8-10-3-4-12(15-2)11(13)7-10/h3-4,7,9H,5-6,8,14H2,1-2H3. The molecule has 0 aliphatic rings. The summed E-state index contributed by atoms with van der Waals surface area (Å²) in [6.45, 7) is 1.99. The molecule has 1 rings (SSSR count). The zero-order valence-electron chi connectivity index (χ0n) is 9.70. The summed E-state index contributed by atoms with van der Waals surface area (Å²) in [4.78, 5) is 0. The highest BCUT2D eigenvalue weighted by molar-refractivity contribution is 7.98. The summed E-state index contributed by atoms with van der Waals surface area (Å²) < 4.78 is 18.2. The highest BCUT2D eigenvalue weighted by Crippen LogP contribution is 2.21. The van der Waals surface area contributed by atoms with Gasteiger partial charge in [-0.2, -0.15) is 11.8 Å². The SMILES string of the molecule is COc1ccc(CSCCC(C)N)cc1F. The normalized spacial score (nSPS) is 12.5. The number of ether oxygens (including phenoxy) is 1. The Balaban J connectivity index is 2.40. The van der Waals surface area contributed by atoms with Crippen LogP contribution in [-0.4, -0.2) is 18.9 Å². The maximum absolute atomic E-state index is 13.3. The van der Waals surface area contributed by atoms with Gasteiger partial charge in [-0.15, -0.1) is 0 Å². The van der Waals surface area contributed by atoms with Gasteiger partial charge in [0.2, 0.25) is 0 Å². The van der Waals surface area contributed by atoms with Crippen LogP contribution in [0.15, 0.2) is 18.2 Å². The molecule has 0 aliphatic heterocycles. The Hall–Kier alpha value is -0.740. The molecular weight excluding hydrogens is 225 g/mol. The third kappa shape index (κ3) is 4.41. The predicted molar refractivity (Wildman–Crippen MR) is 67.4 cm³/mol. The van der Waals surface area contributed by atoms with Gasteiger partial charge in [0.1, 0.15) is 0 Å². The number of benzene rings is 1. The Morgan fingerprint density at radius 2 is 2.25 bits per heavy atom. The van der Waals surface area contributed by atoms with Crippen LogP contribution >= 0.6 is 11.8 Å². The summed E-state index contributed by atoms with van der Waals surface area (Å²) in [5.74, 6) is 1.82. The molecule has 0 radical (unpaired) electrons. The molecule has 0 saturated carbocycles. The lowest BCUT2D eigenvalue weighted by molar-refractivity contribution is 0.386. The van der Waals surface area contributed by atoms with Crippen LogP contribution in [0.25, 0.3) is 0 Å². The molecule has 1 atom stereocenters. The molecule has 1 unspecified atom stereocenters. The molecule has 0 aromatic heterocycles. The molecule has 0 bridgehead atoms. The Morgan fingerprint density at radius 3 is 2.81 bits per heavy atom. The first kappa shape index (κ1) is 13.3. The molecule has 0 spiro atoms. The summed E-state index contributed by atoms with van der Waals surface area (Å²) in [6, 6.07) is 5.31. The van der Waals surface area contributed by atoms with Crippen molar-refractivity contribution >= 4 is 11.8 Å². The predicted octanol–water partition coefficient (Wildman–Crippen LogP) is 2.80. The second-order valence-corrected chi connectivity index (χ2v) is 4.89. The second-order valence-electron chi connectivity index (χ2n) is 3.79. The molecule has 4 heteroatoms. The van der Waals surface area contributed by atoms with E-state index in [1.54, 1.807) is 17.8 Å². The average molecular weight is 243 g/mol. The molecule has 0 heterocycles. The third-order valence-electron chi connectivity index (χ3n) is 2.20. The van der Waals surface area contributed by atoms with E-state index in [2.05, 4.69) is 0 Å². The monoisotopic (exact) mass is 243 g/mol. The van der Waals surface area contributed by atoms with Crippen molar-refractivity contribution in [1.29, 1.82) is 0 Å². The van der Waals surface area contributed by atoms with Gasteiger partial charge in [0, 0.05) is 11.8 Å². The van der Waals surface area contributed by atoms with Crippen LogP contribution in [0.3, 0.4) is 0 Å². The number of thioether (sulfide) groups is 1. The lowest BCUT2D eigenvalue weighted by atomic mass is 10.2. The average Bonchev–Trinajstić information content (AvgIpc) is 2.24. The van der Waals surface area contributed by atoms with E-state index in [0.29, 0.717) is 5.75 Å². The van der Waals surface area contributed by atoms with Crippen molar-refractivity contribution in [3.05, 3.63) is 29.6 Å². The van der Waals surface area contributed by atoms with Crippen molar-refractivity contribution in [2.24, 2.45) is 5.73 Å². The third-order valence-corrected chi connectivity index (χ3v) is 3.26.